The van der Waals surface area contributed by atoms with Gasteiger partial charge in [-0.3, -0.25) is 24.0 Å². The van der Waals surface area contributed by atoms with Gasteiger partial charge in [-0.25, -0.2) is 4.72 Å². The van der Waals surface area contributed by atoms with Gasteiger partial charge in [0.1, 0.15) is 12.0 Å². The molecule has 6 unspecified atom stereocenters. The number of amides is 1. The number of fused-ring (bicyclic) bond motifs is 1. The van der Waals surface area contributed by atoms with Gasteiger partial charge >= 0.3 is 0 Å². The fourth-order valence-corrected chi connectivity index (χ4v) is 8.70. The highest BCUT2D eigenvalue weighted by Crippen LogP contribution is 2.48. The van der Waals surface area contributed by atoms with E-state index >= 15 is 0 Å². The van der Waals surface area contributed by atoms with E-state index in [1.807, 2.05) is 30.3 Å². The van der Waals surface area contributed by atoms with E-state index in [1.54, 1.807) is 7.05 Å². The van der Waals surface area contributed by atoms with E-state index in [2.05, 4.69) is 15.4 Å². The van der Waals surface area contributed by atoms with E-state index in [9.17, 15) is 28.9 Å². The Morgan fingerprint density at radius 1 is 1.02 bits per heavy atom. The zero-order valence-corrected chi connectivity index (χ0v) is 24.5. The summed E-state index contributed by atoms with van der Waals surface area (Å²) in [4.78, 5) is 26.6. The Hall–Kier alpha value is -1.53. The molecule has 1 amide bonds. The molecule has 10 heteroatoms. The molecule has 3 aliphatic carbocycles. The van der Waals surface area contributed by atoms with Gasteiger partial charge in [-0.15, -0.1) is 10.8 Å². The normalized spacial score (nSPS) is 30.7. The van der Waals surface area contributed by atoms with Crippen LogP contribution >= 0.6 is 10.8 Å². The van der Waals surface area contributed by atoms with Crippen LogP contribution in [-0.2, 0) is 16.0 Å². The zero-order valence-electron chi connectivity index (χ0n) is 23.7. The van der Waals surface area contributed by atoms with Crippen LogP contribution in [0.2, 0.25) is 0 Å². The van der Waals surface area contributed by atoms with Crippen molar-refractivity contribution in [3.63, 3.8) is 0 Å². The number of nitrogens with one attached hydrogen (secondary N) is 3. The highest BCUT2D eigenvalue weighted by atomic mass is 32.3. The number of carbonyl (C=O) groups is 2. The van der Waals surface area contributed by atoms with Crippen LogP contribution in [0.1, 0.15) is 76.2 Å². The van der Waals surface area contributed by atoms with Gasteiger partial charge in [0.05, 0.1) is 23.9 Å². The Morgan fingerprint density at radius 2 is 1.73 bits per heavy atom. The van der Waals surface area contributed by atoms with Crippen LogP contribution < -0.4 is 15.4 Å². The summed E-state index contributed by atoms with van der Waals surface area (Å²) in [6.45, 7) is -0.215. The average Bonchev–Trinajstić information content (AvgIpc) is 3.28. The Kier molecular flexibility index (Phi) is 11.4. The summed E-state index contributed by atoms with van der Waals surface area (Å²) < 4.78 is 24.3. The fourth-order valence-electron chi connectivity index (χ4n) is 7.16. The number of aliphatic hydroxyl groups is 2. The van der Waals surface area contributed by atoms with Crippen LogP contribution in [0.15, 0.2) is 30.3 Å². The minimum Gasteiger partial charge on any atom is -0.391 e. The first-order valence-corrected chi connectivity index (χ1v) is 16.7. The maximum absolute atomic E-state index is 13.5. The molecule has 1 aromatic carbocycles. The Labute approximate surface area is 240 Å². The number of rotatable bonds is 13. The number of hydrogen-bond donors (Lipinski definition) is 7. The molecule has 9 nitrogen and oxygen atoms in total. The average molecular weight is 580 g/mol. The third-order valence-electron chi connectivity index (χ3n) is 9.57. The summed E-state index contributed by atoms with van der Waals surface area (Å²) >= 11 is 0. The van der Waals surface area contributed by atoms with Crippen LogP contribution in [0.4, 0.5) is 0 Å². The molecule has 3 fully saturated rings. The molecule has 0 aliphatic heterocycles. The maximum Gasteiger partial charge on any atom is 0.223 e. The molecule has 0 spiro atoms. The molecule has 4 rings (SSSR count). The molecule has 6 atom stereocenters. The second-order valence-electron chi connectivity index (χ2n) is 12.2. The van der Waals surface area contributed by atoms with Crippen molar-refractivity contribution in [2.24, 2.45) is 23.7 Å². The van der Waals surface area contributed by atoms with Crippen molar-refractivity contribution < 1.29 is 28.9 Å². The van der Waals surface area contributed by atoms with E-state index in [0.717, 1.165) is 31.2 Å². The van der Waals surface area contributed by atoms with Crippen molar-refractivity contribution in [3.05, 3.63) is 35.9 Å². The second-order valence-corrected chi connectivity index (χ2v) is 14.3. The Morgan fingerprint density at radius 3 is 2.42 bits per heavy atom. The lowest BCUT2D eigenvalue weighted by atomic mass is 9.80. The molecule has 0 bridgehead atoms. The highest BCUT2D eigenvalue weighted by Gasteiger charge is 2.44. The predicted molar refractivity (Wildman–Crippen MR) is 158 cm³/mol. The number of Topliss-reactive ketones (excluding diaryl/α,β-unsaturated/α-hetero) is 1. The smallest absolute Gasteiger partial charge is 0.223 e. The molecule has 40 heavy (non-hydrogen) atoms. The number of hydrogen-bond acceptors (Lipinski definition) is 8. The SMILES string of the molecule is CNC(O)C1CCC(S(O)(O)NCC(=O)CC(CCc2ccccc2)C(=O)NC2C(O)CC3CCCCC32)CC1. The number of aryl methyl sites for hydroxylation is 1. The van der Waals surface area contributed by atoms with E-state index in [-0.39, 0.29) is 47.8 Å². The first kappa shape index (κ1) is 31.4. The molecule has 0 aromatic heterocycles. The van der Waals surface area contributed by atoms with Gasteiger partial charge in [-0.1, -0.05) is 49.6 Å². The Balaban J connectivity index is 1.33. The summed E-state index contributed by atoms with van der Waals surface area (Å²) in [6, 6.07) is 9.59. The van der Waals surface area contributed by atoms with Gasteiger partial charge in [-0.05, 0) is 81.7 Å². The molecule has 0 saturated heterocycles. The van der Waals surface area contributed by atoms with Crippen molar-refractivity contribution in [2.75, 3.05) is 13.6 Å². The predicted octanol–water partition coefficient (Wildman–Crippen LogP) is 3.60. The van der Waals surface area contributed by atoms with Crippen molar-refractivity contribution in [3.8, 4) is 0 Å². The van der Waals surface area contributed by atoms with Gasteiger partial charge in [-0.2, -0.15) is 0 Å². The molecular weight excluding hydrogens is 530 g/mol. The lowest BCUT2D eigenvalue weighted by molar-refractivity contribution is -0.130. The topological polar surface area (TPSA) is 151 Å². The first-order chi connectivity index (χ1) is 19.2. The number of benzene rings is 1. The minimum absolute atomic E-state index is 0.000794. The van der Waals surface area contributed by atoms with Crippen LogP contribution in [0, 0.1) is 23.7 Å². The largest absolute Gasteiger partial charge is 0.391 e. The molecule has 7 N–H and O–H groups in total. The van der Waals surface area contributed by atoms with Crippen LogP contribution in [0.3, 0.4) is 0 Å². The zero-order chi connectivity index (χ0) is 28.7. The van der Waals surface area contributed by atoms with Crippen molar-refractivity contribution in [2.45, 2.75) is 101 Å². The molecular formula is C30H49N3O6S. The van der Waals surface area contributed by atoms with E-state index in [4.69, 9.17) is 0 Å². The first-order valence-electron chi connectivity index (χ1n) is 15.1. The van der Waals surface area contributed by atoms with Crippen molar-refractivity contribution >= 4 is 22.5 Å². The van der Waals surface area contributed by atoms with Crippen LogP contribution in [0.25, 0.3) is 0 Å². The fraction of sp³-hybridized carbons (Fsp3) is 0.733. The molecule has 0 heterocycles. The molecule has 1 aromatic rings. The molecule has 3 aliphatic rings. The number of carbonyl (C=O) groups excluding carboxylic acids is 2. The summed E-state index contributed by atoms with van der Waals surface area (Å²) in [5.41, 5.74) is 1.09. The summed E-state index contributed by atoms with van der Waals surface area (Å²) in [5.74, 6) is -0.196. The lowest BCUT2D eigenvalue weighted by Crippen LogP contribution is -2.47. The minimum atomic E-state index is -3.19. The number of ketones is 1. The van der Waals surface area contributed by atoms with Gasteiger partial charge in [0.2, 0.25) is 5.91 Å². The van der Waals surface area contributed by atoms with E-state index in [0.29, 0.717) is 44.4 Å². The third-order valence-corrected chi connectivity index (χ3v) is 11.5. The van der Waals surface area contributed by atoms with Crippen LogP contribution in [0.5, 0.6) is 0 Å². The quantitative estimate of drug-likeness (QED) is 0.175. The van der Waals surface area contributed by atoms with Crippen LogP contribution in [-0.4, -0.2) is 68.2 Å². The number of aliphatic hydroxyl groups excluding tert-OH is 2. The van der Waals surface area contributed by atoms with Gasteiger partial charge in [0.15, 0.2) is 0 Å². The Bertz CT molecular complexity index is 958. The van der Waals surface area contributed by atoms with E-state index < -0.39 is 29.0 Å². The monoisotopic (exact) mass is 579 g/mol. The summed E-state index contributed by atoms with van der Waals surface area (Å²) in [7, 11) is -1.49. The highest BCUT2D eigenvalue weighted by molar-refractivity contribution is 8.23. The molecule has 3 saturated carbocycles. The second kappa shape index (κ2) is 14.6. The maximum atomic E-state index is 13.5. The van der Waals surface area contributed by atoms with E-state index in [1.165, 1.54) is 6.42 Å². The van der Waals surface area contributed by atoms with Crippen molar-refractivity contribution in [1.29, 1.82) is 0 Å². The van der Waals surface area contributed by atoms with Gasteiger partial charge < -0.3 is 15.5 Å². The molecule has 226 valence electrons. The summed E-state index contributed by atoms with van der Waals surface area (Å²) in [5, 5.41) is 26.4. The van der Waals surface area contributed by atoms with Gasteiger partial charge in [0.25, 0.3) is 0 Å². The third kappa shape index (κ3) is 8.27. The summed E-state index contributed by atoms with van der Waals surface area (Å²) in [6.07, 6.45) is 7.57. The van der Waals surface area contributed by atoms with Crippen molar-refractivity contribution in [1.82, 2.24) is 15.4 Å². The lowest BCUT2D eigenvalue weighted by Gasteiger charge is -2.44. The van der Waals surface area contributed by atoms with Gasteiger partial charge in [0, 0.05) is 12.3 Å². The molecule has 0 radical (unpaired) electrons. The standard InChI is InChI=1S/C30H49N3O6S/c1-31-29(36)21-13-15-25(16-14-21)40(38,39)32-19-24(34)17-23(12-11-20-7-3-2-4-8-20)30(37)33-28-26-10-6-5-9-22(26)18-27(28)35/h2-4,7-8,21-23,25-29,31-32,35-36,38-39H,5-6,9-19H2,1H3,(H,33,37).